The highest BCUT2D eigenvalue weighted by Crippen LogP contribution is 2.01. The second-order valence-corrected chi connectivity index (χ2v) is 3.73. The normalized spacial score (nSPS) is 6.90. The lowest BCUT2D eigenvalue weighted by atomic mass is 10.2. The summed E-state index contributed by atoms with van der Waals surface area (Å²) in [7, 11) is 0. The number of hydrogen-bond acceptors (Lipinski definition) is 1. The summed E-state index contributed by atoms with van der Waals surface area (Å²) in [6.45, 7) is 6.44. The number of hydrogen-bond donors (Lipinski definition) is 0. The van der Waals surface area contributed by atoms with Crippen LogP contribution in [-0.2, 0) is 4.74 Å². The van der Waals surface area contributed by atoms with Crippen LogP contribution in [-0.4, -0.2) is 51.5 Å². The van der Waals surface area contributed by atoms with Crippen LogP contribution in [0.2, 0.25) is 0 Å². The molecular weight excluding hydrogens is 272 g/mol. The van der Waals surface area contributed by atoms with Gasteiger partial charge in [0.05, 0.1) is 0 Å². The molecule has 0 spiro atoms. The Hall–Kier alpha value is -0.320. The minimum atomic E-state index is 0. The molecule has 0 fully saturated rings. The van der Waals surface area contributed by atoms with E-state index in [1.54, 1.807) is 0 Å². The molecule has 0 aromatic heterocycles. The summed E-state index contributed by atoms with van der Waals surface area (Å²) in [6, 6.07) is 0. The van der Waals surface area contributed by atoms with Crippen molar-refractivity contribution in [2.75, 3.05) is 13.2 Å². The van der Waals surface area contributed by atoms with Crippen LogP contribution in [0.1, 0.15) is 65.2 Å². The van der Waals surface area contributed by atoms with Gasteiger partial charge in [0, 0.05) is 13.2 Å². The lowest BCUT2D eigenvalue weighted by molar-refractivity contribution is 0.126. The molecule has 0 saturated heterocycles. The number of rotatable bonds is 10. The molecule has 0 aliphatic heterocycles. The van der Waals surface area contributed by atoms with E-state index in [4.69, 9.17) is 4.74 Å². The molecule has 0 heterocycles. The average Bonchev–Trinajstić information content (AvgIpc) is 2.16. The van der Waals surface area contributed by atoms with E-state index >= 15 is 0 Å². The van der Waals surface area contributed by atoms with E-state index in [0.717, 1.165) is 13.2 Å². The van der Waals surface area contributed by atoms with Gasteiger partial charge in [-0.25, -0.2) is 0 Å². The van der Waals surface area contributed by atoms with Crippen molar-refractivity contribution in [1.82, 2.24) is 0 Å². The molecular formula is C12H40O8. The summed E-state index contributed by atoms with van der Waals surface area (Å²) < 4.78 is 5.53. The maximum absolute atomic E-state index is 5.53. The fraction of sp³-hybridized carbons (Fsp3) is 1.00. The number of ether oxygens (including phenoxy) is 1. The third kappa shape index (κ3) is 52.5. The van der Waals surface area contributed by atoms with Crippen molar-refractivity contribution in [3.05, 3.63) is 0 Å². The third-order valence-corrected chi connectivity index (χ3v) is 2.28. The minimum absolute atomic E-state index is 0. The molecule has 0 saturated carbocycles. The molecule has 0 rings (SSSR count). The molecule has 0 atom stereocenters. The Bertz CT molecular complexity index is 85.5. The van der Waals surface area contributed by atoms with E-state index < -0.39 is 0 Å². The lowest BCUT2D eigenvalue weighted by Crippen LogP contribution is -1.96. The Labute approximate surface area is 122 Å². The zero-order valence-corrected chi connectivity index (χ0v) is 13.0. The first-order valence-electron chi connectivity index (χ1n) is 5.99. The van der Waals surface area contributed by atoms with Crippen LogP contribution in [0.25, 0.3) is 0 Å². The Morgan fingerprint density at radius 2 is 0.750 bits per heavy atom. The zero-order chi connectivity index (χ0) is 9.78. The van der Waals surface area contributed by atoms with Gasteiger partial charge >= 0.3 is 0 Å². The largest absolute Gasteiger partial charge is 0.412 e. The van der Waals surface area contributed by atoms with Crippen molar-refractivity contribution < 1.29 is 43.1 Å². The molecule has 0 aromatic rings. The summed E-state index contributed by atoms with van der Waals surface area (Å²) in [5, 5.41) is 0. The zero-order valence-electron chi connectivity index (χ0n) is 13.0. The van der Waals surface area contributed by atoms with E-state index in [1.165, 1.54) is 51.4 Å². The van der Waals surface area contributed by atoms with Crippen LogP contribution < -0.4 is 0 Å². The average molecular weight is 312 g/mol. The quantitative estimate of drug-likeness (QED) is 0.425. The van der Waals surface area contributed by atoms with E-state index in [1.807, 2.05) is 0 Å². The molecule has 8 nitrogen and oxygen atoms in total. The van der Waals surface area contributed by atoms with Crippen molar-refractivity contribution in [2.24, 2.45) is 0 Å². The maximum Gasteiger partial charge on any atom is 0.0466 e. The minimum Gasteiger partial charge on any atom is -0.412 e. The highest BCUT2D eigenvalue weighted by atomic mass is 16.5. The van der Waals surface area contributed by atoms with Gasteiger partial charge in [0.1, 0.15) is 0 Å². The SMILES string of the molecule is CCCCCCOCCCCCC.O.O.O.O.O.O.O. The van der Waals surface area contributed by atoms with Crippen molar-refractivity contribution in [2.45, 2.75) is 65.2 Å². The van der Waals surface area contributed by atoms with E-state index in [9.17, 15) is 0 Å². The Balaban J connectivity index is -0.0000000343. The predicted molar refractivity (Wildman–Crippen MR) is 84.4 cm³/mol. The monoisotopic (exact) mass is 312 g/mol. The van der Waals surface area contributed by atoms with Crippen LogP contribution in [0.3, 0.4) is 0 Å². The lowest BCUT2D eigenvalue weighted by Gasteiger charge is -2.03. The summed E-state index contributed by atoms with van der Waals surface area (Å²) in [5.41, 5.74) is 0. The Morgan fingerprint density at radius 3 is 1.00 bits per heavy atom. The standard InChI is InChI=1S/C12H26O.7H2O/c1-3-5-7-9-11-13-12-10-8-6-4-2;;;;;;;/h3-12H2,1-2H3;7*1H2. The van der Waals surface area contributed by atoms with Gasteiger partial charge in [0.25, 0.3) is 0 Å². The highest BCUT2D eigenvalue weighted by Gasteiger charge is 1.90. The van der Waals surface area contributed by atoms with Gasteiger partial charge in [0.15, 0.2) is 0 Å². The summed E-state index contributed by atoms with van der Waals surface area (Å²) in [4.78, 5) is 0. The van der Waals surface area contributed by atoms with E-state index in [-0.39, 0.29) is 38.3 Å². The van der Waals surface area contributed by atoms with Crippen LogP contribution in [0.5, 0.6) is 0 Å². The first-order valence-corrected chi connectivity index (χ1v) is 5.99. The van der Waals surface area contributed by atoms with Gasteiger partial charge in [-0.15, -0.1) is 0 Å². The molecule has 14 N–H and O–H groups in total. The topological polar surface area (TPSA) is 230 Å². The molecule has 0 bridgehead atoms. The molecule has 0 unspecified atom stereocenters. The van der Waals surface area contributed by atoms with Gasteiger partial charge in [-0.3, -0.25) is 0 Å². The second kappa shape index (κ2) is 51.2. The first-order chi connectivity index (χ1) is 6.41. The maximum atomic E-state index is 5.53. The van der Waals surface area contributed by atoms with E-state index in [0.29, 0.717) is 0 Å². The Kier molecular flexibility index (Phi) is 129. The molecule has 0 aliphatic carbocycles. The van der Waals surface area contributed by atoms with Gasteiger partial charge in [0.2, 0.25) is 0 Å². The first kappa shape index (κ1) is 50.3. The fourth-order valence-corrected chi connectivity index (χ4v) is 1.36. The van der Waals surface area contributed by atoms with Crippen molar-refractivity contribution in [1.29, 1.82) is 0 Å². The molecule has 136 valence electrons. The highest BCUT2D eigenvalue weighted by molar-refractivity contribution is 4.41. The second-order valence-electron chi connectivity index (χ2n) is 3.73. The summed E-state index contributed by atoms with van der Waals surface area (Å²) in [5.74, 6) is 0. The van der Waals surface area contributed by atoms with Crippen LogP contribution in [0, 0.1) is 0 Å². The van der Waals surface area contributed by atoms with Gasteiger partial charge in [-0.2, -0.15) is 0 Å². The summed E-state index contributed by atoms with van der Waals surface area (Å²) in [6.07, 6.45) is 10.5. The third-order valence-electron chi connectivity index (χ3n) is 2.28. The molecule has 8 heteroatoms. The molecule has 0 aromatic carbocycles. The van der Waals surface area contributed by atoms with Crippen molar-refractivity contribution >= 4 is 0 Å². The molecule has 0 amide bonds. The van der Waals surface area contributed by atoms with Gasteiger partial charge < -0.3 is 43.1 Å². The smallest absolute Gasteiger partial charge is 0.0466 e. The number of unbranched alkanes of at least 4 members (excludes halogenated alkanes) is 6. The van der Waals surface area contributed by atoms with Crippen molar-refractivity contribution in [3.63, 3.8) is 0 Å². The molecule has 20 heavy (non-hydrogen) atoms. The fourth-order valence-electron chi connectivity index (χ4n) is 1.36. The molecule has 0 radical (unpaired) electrons. The van der Waals surface area contributed by atoms with Gasteiger partial charge in [-0.05, 0) is 12.8 Å². The van der Waals surface area contributed by atoms with Crippen LogP contribution >= 0.6 is 0 Å². The van der Waals surface area contributed by atoms with Crippen LogP contribution in [0.15, 0.2) is 0 Å². The van der Waals surface area contributed by atoms with Crippen molar-refractivity contribution in [3.8, 4) is 0 Å². The summed E-state index contributed by atoms with van der Waals surface area (Å²) >= 11 is 0. The van der Waals surface area contributed by atoms with Crippen LogP contribution in [0.4, 0.5) is 0 Å². The Morgan fingerprint density at radius 1 is 0.450 bits per heavy atom. The van der Waals surface area contributed by atoms with E-state index in [2.05, 4.69) is 13.8 Å². The van der Waals surface area contributed by atoms with Gasteiger partial charge in [-0.1, -0.05) is 52.4 Å². The predicted octanol–water partition coefficient (Wildman–Crippen LogP) is -1.61. The molecule has 0 aliphatic rings.